The van der Waals surface area contributed by atoms with Gasteiger partial charge in [-0.15, -0.1) is 9.35 Å². The van der Waals surface area contributed by atoms with E-state index in [1.807, 2.05) is 6.92 Å². The molecule has 2 aromatic carbocycles. The number of ether oxygens (including phenoxy) is 1. The molecule has 150 valence electrons. The summed E-state index contributed by atoms with van der Waals surface area (Å²) in [5, 5.41) is 1.03. The van der Waals surface area contributed by atoms with Gasteiger partial charge in [-0.2, -0.15) is 8.42 Å². The third kappa shape index (κ3) is 4.29. The zero-order valence-corrected chi connectivity index (χ0v) is 16.5. The van der Waals surface area contributed by atoms with Crippen LogP contribution < -0.4 is 0 Å². The van der Waals surface area contributed by atoms with Crippen molar-refractivity contribution in [2.45, 2.75) is 19.8 Å². The molecule has 1 aliphatic rings. The zero-order valence-electron chi connectivity index (χ0n) is 15.7. The summed E-state index contributed by atoms with van der Waals surface area (Å²) in [6, 6.07) is 7.60. The van der Waals surface area contributed by atoms with E-state index >= 15 is 0 Å². The van der Waals surface area contributed by atoms with Crippen LogP contribution in [0, 0.1) is 11.8 Å². The highest BCUT2D eigenvalue weighted by Gasteiger charge is 2.36. The Hall–Kier alpha value is -3.22. The van der Waals surface area contributed by atoms with Crippen LogP contribution in [0.4, 0.5) is 0 Å². The van der Waals surface area contributed by atoms with Crippen molar-refractivity contribution < 1.29 is 31.8 Å². The van der Waals surface area contributed by atoms with Gasteiger partial charge in [0.1, 0.15) is 0 Å². The van der Waals surface area contributed by atoms with Gasteiger partial charge in [0.25, 0.3) is 21.9 Å². The van der Waals surface area contributed by atoms with Crippen molar-refractivity contribution >= 4 is 38.7 Å². The van der Waals surface area contributed by atoms with E-state index in [2.05, 4.69) is 16.1 Å². The lowest BCUT2D eigenvalue weighted by molar-refractivity contribution is -0.136. The van der Waals surface area contributed by atoms with Gasteiger partial charge in [0, 0.05) is 16.9 Å². The molecule has 1 aliphatic heterocycles. The molecule has 0 aliphatic carbocycles. The van der Waals surface area contributed by atoms with Crippen molar-refractivity contribution in [3.05, 3.63) is 47.0 Å². The summed E-state index contributed by atoms with van der Waals surface area (Å²) >= 11 is 0. The molecule has 0 bridgehead atoms. The Morgan fingerprint density at radius 2 is 1.79 bits per heavy atom. The molecule has 0 unspecified atom stereocenters. The highest BCUT2D eigenvalue weighted by molar-refractivity contribution is 7.85. The standard InChI is InChI=1S/C20H17NO7S/c1-3-4-12-27-17(22)11-9-13-8-10-16-18-14(13)6-5-7-15(18)19(23)21(20(16)24)28-29(2,25)26/h5-8,10H,3-4,12H2,1-2H3. The fraction of sp³-hybridized carbons (Fsp3) is 0.250. The second-order valence-electron chi connectivity index (χ2n) is 6.31. The molecule has 2 amide bonds. The lowest BCUT2D eigenvalue weighted by Gasteiger charge is -2.25. The summed E-state index contributed by atoms with van der Waals surface area (Å²) < 4.78 is 32.4. The van der Waals surface area contributed by atoms with E-state index in [9.17, 15) is 22.8 Å². The number of benzene rings is 2. The van der Waals surface area contributed by atoms with Gasteiger partial charge in [-0.25, -0.2) is 4.79 Å². The summed E-state index contributed by atoms with van der Waals surface area (Å²) in [5.74, 6) is 2.63. The average molecular weight is 415 g/mol. The second-order valence-corrected chi connectivity index (χ2v) is 7.87. The molecule has 3 rings (SSSR count). The van der Waals surface area contributed by atoms with E-state index in [4.69, 9.17) is 4.74 Å². The number of nitrogens with zero attached hydrogens (tertiary/aromatic N) is 1. The van der Waals surface area contributed by atoms with E-state index < -0.39 is 27.9 Å². The number of amides is 2. The quantitative estimate of drug-likeness (QED) is 0.318. The monoisotopic (exact) mass is 415 g/mol. The molecule has 0 spiro atoms. The molecule has 0 fully saturated rings. The topological polar surface area (TPSA) is 107 Å². The normalized spacial score (nSPS) is 13.2. The first kappa shape index (κ1) is 20.5. The van der Waals surface area contributed by atoms with Gasteiger partial charge < -0.3 is 4.74 Å². The number of carbonyl (C=O) groups excluding carboxylic acids is 3. The van der Waals surface area contributed by atoms with E-state index in [1.165, 1.54) is 18.2 Å². The van der Waals surface area contributed by atoms with Crippen LogP contribution in [0.5, 0.6) is 0 Å². The maximum atomic E-state index is 12.6. The summed E-state index contributed by atoms with van der Waals surface area (Å²) in [7, 11) is -4.09. The van der Waals surface area contributed by atoms with Crippen LogP contribution in [-0.2, 0) is 23.9 Å². The van der Waals surface area contributed by atoms with Gasteiger partial charge in [0.2, 0.25) is 0 Å². The van der Waals surface area contributed by atoms with Crippen LogP contribution in [-0.4, -0.2) is 44.1 Å². The Morgan fingerprint density at radius 1 is 1.10 bits per heavy atom. The molecule has 29 heavy (non-hydrogen) atoms. The van der Waals surface area contributed by atoms with Crippen LogP contribution in [0.2, 0.25) is 0 Å². The zero-order chi connectivity index (χ0) is 21.2. The molecule has 0 saturated heterocycles. The fourth-order valence-electron chi connectivity index (χ4n) is 2.85. The number of hydroxylamine groups is 2. The molecule has 1 heterocycles. The van der Waals surface area contributed by atoms with Crippen molar-refractivity contribution in [2.75, 3.05) is 12.9 Å². The second kappa shape index (κ2) is 8.03. The third-order valence-corrected chi connectivity index (χ3v) is 4.53. The lowest BCUT2D eigenvalue weighted by atomic mass is 9.92. The summed E-state index contributed by atoms with van der Waals surface area (Å²) in [4.78, 5) is 37.0. The number of esters is 1. The first-order chi connectivity index (χ1) is 13.7. The maximum Gasteiger partial charge on any atom is 0.384 e. The Labute approximate surface area is 167 Å². The largest absolute Gasteiger partial charge is 0.456 e. The van der Waals surface area contributed by atoms with Crippen LogP contribution in [0.1, 0.15) is 46.0 Å². The number of hydrogen-bond donors (Lipinski definition) is 0. The molecule has 2 aromatic rings. The van der Waals surface area contributed by atoms with Crippen molar-refractivity contribution in [2.24, 2.45) is 0 Å². The number of imide groups is 1. The maximum absolute atomic E-state index is 12.6. The number of carbonyl (C=O) groups is 3. The predicted octanol–water partition coefficient (Wildman–Crippen LogP) is 2.02. The number of rotatable bonds is 5. The highest BCUT2D eigenvalue weighted by Crippen LogP contribution is 2.32. The van der Waals surface area contributed by atoms with Crippen molar-refractivity contribution in [3.8, 4) is 11.8 Å². The fourth-order valence-corrected chi connectivity index (χ4v) is 3.26. The van der Waals surface area contributed by atoms with Gasteiger partial charge in [0.05, 0.1) is 24.0 Å². The predicted molar refractivity (Wildman–Crippen MR) is 103 cm³/mol. The number of unbranched alkanes of at least 4 members (excludes halogenated alkanes) is 1. The Kier molecular flexibility index (Phi) is 5.68. The number of hydrogen-bond acceptors (Lipinski definition) is 7. The molecule has 9 heteroatoms. The Balaban J connectivity index is 2.03. The van der Waals surface area contributed by atoms with Crippen LogP contribution in [0.3, 0.4) is 0 Å². The summed E-state index contributed by atoms with van der Waals surface area (Å²) in [6.07, 6.45) is 2.37. The van der Waals surface area contributed by atoms with Crippen molar-refractivity contribution in [1.29, 1.82) is 0 Å². The third-order valence-electron chi connectivity index (χ3n) is 4.11. The summed E-state index contributed by atoms with van der Waals surface area (Å²) in [5.41, 5.74) is 0.612. The van der Waals surface area contributed by atoms with Gasteiger partial charge in [-0.1, -0.05) is 31.4 Å². The van der Waals surface area contributed by atoms with Crippen LogP contribution >= 0.6 is 0 Å². The molecule has 8 nitrogen and oxygen atoms in total. The molecular formula is C20H17NO7S. The molecule has 0 aromatic heterocycles. The molecular weight excluding hydrogens is 398 g/mol. The summed E-state index contributed by atoms with van der Waals surface area (Å²) in [6.45, 7) is 2.26. The van der Waals surface area contributed by atoms with Gasteiger partial charge in [-0.05, 0) is 30.0 Å². The Bertz CT molecular complexity index is 1170. The first-order valence-corrected chi connectivity index (χ1v) is 10.6. The van der Waals surface area contributed by atoms with Gasteiger partial charge in [-0.3, -0.25) is 9.59 Å². The van der Waals surface area contributed by atoms with E-state index in [1.54, 1.807) is 12.1 Å². The molecule has 0 atom stereocenters. The molecule has 0 radical (unpaired) electrons. The van der Waals surface area contributed by atoms with Crippen LogP contribution in [0.25, 0.3) is 10.8 Å². The van der Waals surface area contributed by atoms with Crippen molar-refractivity contribution in [1.82, 2.24) is 5.06 Å². The van der Waals surface area contributed by atoms with Gasteiger partial charge in [0.15, 0.2) is 0 Å². The minimum Gasteiger partial charge on any atom is -0.456 e. The van der Waals surface area contributed by atoms with E-state index in [0.29, 0.717) is 16.3 Å². The van der Waals surface area contributed by atoms with Crippen LogP contribution in [0.15, 0.2) is 30.3 Å². The Morgan fingerprint density at radius 3 is 2.45 bits per heavy atom. The minimum atomic E-state index is -4.09. The van der Waals surface area contributed by atoms with Crippen molar-refractivity contribution in [3.63, 3.8) is 0 Å². The lowest BCUT2D eigenvalue weighted by Crippen LogP contribution is -2.41. The SMILES string of the molecule is CCCCOC(=O)C#Cc1ccc2c3c(cccc13)C(=O)N(OS(C)(=O)=O)C2=O. The average Bonchev–Trinajstić information content (AvgIpc) is 2.67. The molecule has 0 N–H and O–H groups in total. The first-order valence-electron chi connectivity index (χ1n) is 8.76. The van der Waals surface area contributed by atoms with E-state index in [0.717, 1.165) is 19.1 Å². The van der Waals surface area contributed by atoms with Gasteiger partial charge >= 0.3 is 5.97 Å². The highest BCUT2D eigenvalue weighted by atomic mass is 32.2. The van der Waals surface area contributed by atoms with E-state index in [-0.39, 0.29) is 22.8 Å². The molecule has 0 saturated carbocycles. The minimum absolute atomic E-state index is 0.0925. The smallest absolute Gasteiger partial charge is 0.384 e.